The average molecular weight is 421 g/mol. The maximum atomic E-state index is 10.7. The Morgan fingerprint density at radius 2 is 1.97 bits per heavy atom. The number of benzene rings is 1. The van der Waals surface area contributed by atoms with Gasteiger partial charge in [-0.05, 0) is 67.6 Å². The molecule has 2 aromatic heterocycles. The van der Waals surface area contributed by atoms with E-state index in [1.165, 1.54) is 5.56 Å². The number of aromatic nitrogens is 2. The highest BCUT2D eigenvalue weighted by Crippen LogP contribution is 2.40. The van der Waals surface area contributed by atoms with Gasteiger partial charge in [0.1, 0.15) is 11.6 Å². The van der Waals surface area contributed by atoms with Crippen LogP contribution in [0.2, 0.25) is 0 Å². The number of rotatable bonds is 5. The quantitative estimate of drug-likeness (QED) is 0.687. The largest absolute Gasteiger partial charge is 0.497 e. The number of methoxy groups -OCH3 is 1. The van der Waals surface area contributed by atoms with E-state index in [-0.39, 0.29) is 11.5 Å². The molecular weight excluding hydrogens is 388 g/mol. The van der Waals surface area contributed by atoms with Gasteiger partial charge in [0.2, 0.25) is 0 Å². The molecule has 4 heterocycles. The van der Waals surface area contributed by atoms with Crippen molar-refractivity contribution in [3.8, 4) is 5.75 Å². The standard InChI is InChI=1S/C25H32N4O2/c1-31-23-7-4-5-20(13-23)16-28-17-22(30)14-25(19-28)8-11-27(12-9-25)18-24-26-15-21-6-2-3-10-29(21)24/h2-7,10,13,15,22,30H,8-9,11-12,14,16-19H2,1H3. The fraction of sp³-hybridized carbons (Fsp3) is 0.480. The minimum atomic E-state index is -0.248. The van der Waals surface area contributed by atoms with Crippen molar-refractivity contribution in [2.45, 2.75) is 38.5 Å². The first-order chi connectivity index (χ1) is 15.1. The molecule has 3 aromatic rings. The predicted octanol–water partition coefficient (Wildman–Crippen LogP) is 3.19. The number of piperidine rings is 2. The molecule has 2 aliphatic heterocycles. The minimum absolute atomic E-state index is 0.210. The molecular formula is C25H32N4O2. The molecule has 2 aliphatic rings. The highest BCUT2D eigenvalue weighted by atomic mass is 16.5. The molecule has 164 valence electrons. The fourth-order valence-electron chi connectivity index (χ4n) is 5.48. The lowest BCUT2D eigenvalue weighted by Gasteiger charge is -2.49. The zero-order valence-electron chi connectivity index (χ0n) is 18.3. The molecule has 0 aliphatic carbocycles. The predicted molar refractivity (Wildman–Crippen MR) is 121 cm³/mol. The Bertz CT molecular complexity index is 1030. The van der Waals surface area contributed by atoms with Gasteiger partial charge in [0.15, 0.2) is 0 Å². The van der Waals surface area contributed by atoms with Crippen molar-refractivity contribution < 1.29 is 9.84 Å². The molecule has 31 heavy (non-hydrogen) atoms. The van der Waals surface area contributed by atoms with Crippen LogP contribution in [-0.4, -0.2) is 63.7 Å². The Morgan fingerprint density at radius 1 is 1.10 bits per heavy atom. The summed E-state index contributed by atoms with van der Waals surface area (Å²) in [4.78, 5) is 9.59. The van der Waals surface area contributed by atoms with Gasteiger partial charge in [-0.1, -0.05) is 18.2 Å². The number of hydrogen-bond acceptors (Lipinski definition) is 5. The van der Waals surface area contributed by atoms with Crippen LogP contribution in [0.4, 0.5) is 0 Å². The molecule has 0 bridgehead atoms. The summed E-state index contributed by atoms with van der Waals surface area (Å²) < 4.78 is 7.56. The first kappa shape index (κ1) is 20.5. The number of β-amino-alcohol motifs (C(OH)–C–C–N with tert-alkyl or cyclic N) is 1. The number of aliphatic hydroxyl groups is 1. The van der Waals surface area contributed by atoms with E-state index in [0.29, 0.717) is 0 Å². The summed E-state index contributed by atoms with van der Waals surface area (Å²) >= 11 is 0. The summed E-state index contributed by atoms with van der Waals surface area (Å²) in [7, 11) is 1.71. The Labute approximate surface area is 184 Å². The lowest BCUT2D eigenvalue weighted by atomic mass is 9.71. The second kappa shape index (κ2) is 8.61. The zero-order chi connectivity index (χ0) is 21.3. The van der Waals surface area contributed by atoms with Crippen LogP contribution in [0.25, 0.3) is 5.52 Å². The van der Waals surface area contributed by atoms with E-state index in [4.69, 9.17) is 4.74 Å². The second-order valence-electron chi connectivity index (χ2n) is 9.33. The summed E-state index contributed by atoms with van der Waals surface area (Å²) in [6.45, 7) is 5.66. The van der Waals surface area contributed by atoms with E-state index in [1.54, 1.807) is 7.11 Å². The number of nitrogens with zero attached hydrogens (tertiary/aromatic N) is 4. The second-order valence-corrected chi connectivity index (χ2v) is 9.33. The number of fused-ring (bicyclic) bond motifs is 1. The van der Waals surface area contributed by atoms with E-state index in [1.807, 2.05) is 18.3 Å². The van der Waals surface area contributed by atoms with Crippen molar-refractivity contribution in [1.29, 1.82) is 0 Å². The smallest absolute Gasteiger partial charge is 0.127 e. The summed E-state index contributed by atoms with van der Waals surface area (Å²) in [6, 6.07) is 14.5. The summed E-state index contributed by atoms with van der Waals surface area (Å²) in [6.07, 6.45) is 6.97. The van der Waals surface area contributed by atoms with Crippen LogP contribution < -0.4 is 4.74 Å². The van der Waals surface area contributed by atoms with Gasteiger partial charge in [0.05, 0.1) is 31.5 Å². The Hall–Kier alpha value is -2.41. The monoisotopic (exact) mass is 420 g/mol. The number of aliphatic hydroxyl groups excluding tert-OH is 1. The van der Waals surface area contributed by atoms with Crippen LogP contribution in [0.5, 0.6) is 5.75 Å². The van der Waals surface area contributed by atoms with Gasteiger partial charge in [-0.3, -0.25) is 9.80 Å². The van der Waals surface area contributed by atoms with Crippen LogP contribution in [0.15, 0.2) is 54.9 Å². The minimum Gasteiger partial charge on any atom is -0.497 e. The topological polar surface area (TPSA) is 53.2 Å². The van der Waals surface area contributed by atoms with Gasteiger partial charge in [-0.25, -0.2) is 4.98 Å². The van der Waals surface area contributed by atoms with Crippen molar-refractivity contribution in [1.82, 2.24) is 19.2 Å². The number of pyridine rings is 1. The third-order valence-corrected chi connectivity index (χ3v) is 7.03. The van der Waals surface area contributed by atoms with Crippen molar-refractivity contribution in [2.75, 3.05) is 33.3 Å². The van der Waals surface area contributed by atoms with Crippen LogP contribution in [0, 0.1) is 5.41 Å². The fourth-order valence-corrected chi connectivity index (χ4v) is 5.48. The van der Waals surface area contributed by atoms with E-state index < -0.39 is 0 Å². The summed E-state index contributed by atoms with van der Waals surface area (Å²) in [5.41, 5.74) is 2.60. The lowest BCUT2D eigenvalue weighted by molar-refractivity contribution is -0.0449. The Morgan fingerprint density at radius 3 is 2.81 bits per heavy atom. The van der Waals surface area contributed by atoms with Gasteiger partial charge in [0, 0.05) is 25.8 Å². The highest BCUT2D eigenvalue weighted by Gasteiger charge is 2.41. The van der Waals surface area contributed by atoms with Gasteiger partial charge in [0.25, 0.3) is 0 Å². The number of likely N-dealkylation sites (tertiary alicyclic amines) is 2. The molecule has 0 radical (unpaired) electrons. The number of ether oxygens (including phenoxy) is 1. The molecule has 0 amide bonds. The maximum absolute atomic E-state index is 10.7. The highest BCUT2D eigenvalue weighted by molar-refractivity contribution is 5.45. The molecule has 5 rings (SSSR count). The molecule has 0 saturated carbocycles. The van der Waals surface area contributed by atoms with Crippen LogP contribution in [-0.2, 0) is 13.1 Å². The molecule has 6 nitrogen and oxygen atoms in total. The van der Waals surface area contributed by atoms with E-state index >= 15 is 0 Å². The molecule has 1 unspecified atom stereocenters. The van der Waals surface area contributed by atoms with Crippen LogP contribution in [0.1, 0.15) is 30.7 Å². The average Bonchev–Trinajstić information content (AvgIpc) is 3.18. The molecule has 2 fully saturated rings. The normalized spacial score (nSPS) is 22.2. The van der Waals surface area contributed by atoms with Gasteiger partial charge >= 0.3 is 0 Å². The van der Waals surface area contributed by atoms with Crippen molar-refractivity contribution in [3.05, 3.63) is 66.2 Å². The van der Waals surface area contributed by atoms with Crippen molar-refractivity contribution >= 4 is 5.52 Å². The van der Waals surface area contributed by atoms with E-state index in [0.717, 1.165) is 75.6 Å². The number of hydrogen-bond donors (Lipinski definition) is 1. The molecule has 1 N–H and O–H groups in total. The zero-order valence-corrected chi connectivity index (χ0v) is 18.3. The molecule has 1 aromatic carbocycles. The number of imidazole rings is 1. The lowest BCUT2D eigenvalue weighted by Crippen LogP contribution is -2.53. The van der Waals surface area contributed by atoms with Crippen LogP contribution in [0.3, 0.4) is 0 Å². The van der Waals surface area contributed by atoms with Gasteiger partial charge in [-0.15, -0.1) is 0 Å². The summed E-state index contributed by atoms with van der Waals surface area (Å²) in [5, 5.41) is 10.7. The Balaban J connectivity index is 1.22. The Kier molecular flexibility index (Phi) is 5.69. The van der Waals surface area contributed by atoms with Gasteiger partial charge in [-0.2, -0.15) is 0 Å². The third kappa shape index (κ3) is 4.47. The van der Waals surface area contributed by atoms with Gasteiger partial charge < -0.3 is 14.2 Å². The first-order valence-electron chi connectivity index (χ1n) is 11.3. The van der Waals surface area contributed by atoms with E-state index in [2.05, 4.69) is 55.7 Å². The maximum Gasteiger partial charge on any atom is 0.127 e. The summed E-state index contributed by atoms with van der Waals surface area (Å²) in [5.74, 6) is 2.00. The molecule has 2 saturated heterocycles. The van der Waals surface area contributed by atoms with Crippen molar-refractivity contribution in [3.63, 3.8) is 0 Å². The third-order valence-electron chi connectivity index (χ3n) is 7.03. The molecule has 1 atom stereocenters. The van der Waals surface area contributed by atoms with Crippen LogP contribution >= 0.6 is 0 Å². The SMILES string of the molecule is COc1cccc(CN2CC(O)CC3(CCN(Cc4ncc5ccccn45)CC3)C2)c1. The van der Waals surface area contributed by atoms with Crippen molar-refractivity contribution in [2.24, 2.45) is 5.41 Å². The first-order valence-corrected chi connectivity index (χ1v) is 11.3. The van der Waals surface area contributed by atoms with E-state index in [9.17, 15) is 5.11 Å². The molecule has 6 heteroatoms. The molecule has 1 spiro atoms.